The Labute approximate surface area is 202 Å². The van der Waals surface area contributed by atoms with E-state index in [0.29, 0.717) is 6.42 Å². The second-order valence-electron chi connectivity index (χ2n) is 9.50. The largest absolute Gasteiger partial charge is 0.489 e. The highest BCUT2D eigenvalue weighted by molar-refractivity contribution is 5.99. The lowest BCUT2D eigenvalue weighted by Gasteiger charge is -2.18. The minimum absolute atomic E-state index is 0.179. The van der Waals surface area contributed by atoms with Gasteiger partial charge in [0.1, 0.15) is 11.9 Å². The maximum atomic E-state index is 12.5. The summed E-state index contributed by atoms with van der Waals surface area (Å²) in [6.45, 7) is 4.61. The smallest absolute Gasteiger partial charge is 0.119 e. The third kappa shape index (κ3) is 5.07. The van der Waals surface area contributed by atoms with Crippen LogP contribution >= 0.6 is 0 Å². The number of likely N-dealkylation sites (tertiary alicyclic amines) is 1. The Balaban J connectivity index is 1.45. The van der Waals surface area contributed by atoms with Crippen molar-refractivity contribution in [2.75, 3.05) is 26.3 Å². The zero-order valence-electron chi connectivity index (χ0n) is 20.0. The minimum Gasteiger partial charge on any atom is -0.489 e. The third-order valence-corrected chi connectivity index (χ3v) is 7.02. The highest BCUT2D eigenvalue weighted by atomic mass is 19.1. The number of fused-ring (bicyclic) bond motifs is 1. The van der Waals surface area contributed by atoms with Crippen molar-refractivity contribution < 1.29 is 9.13 Å². The fourth-order valence-electron chi connectivity index (χ4n) is 5.36. The predicted molar refractivity (Wildman–Crippen MR) is 137 cm³/mol. The normalized spacial score (nSPS) is 18.6. The molecular formula is C30H33FN2O. The van der Waals surface area contributed by atoms with Crippen LogP contribution in [0.2, 0.25) is 0 Å². The molecule has 1 saturated heterocycles. The van der Waals surface area contributed by atoms with Gasteiger partial charge in [-0.15, -0.1) is 0 Å². The van der Waals surface area contributed by atoms with E-state index in [-0.39, 0.29) is 12.8 Å². The average Bonchev–Trinajstić information content (AvgIpc) is 3.22. The number of halogens is 1. The molecule has 1 aromatic heterocycles. The molecule has 0 N–H and O–H groups in total. The van der Waals surface area contributed by atoms with Gasteiger partial charge in [-0.1, -0.05) is 35.9 Å². The van der Waals surface area contributed by atoms with Crippen molar-refractivity contribution in [2.24, 2.45) is 0 Å². The van der Waals surface area contributed by atoms with Crippen molar-refractivity contribution >= 4 is 11.1 Å². The van der Waals surface area contributed by atoms with Crippen LogP contribution in [-0.2, 0) is 6.42 Å². The highest BCUT2D eigenvalue weighted by Crippen LogP contribution is 2.40. The maximum Gasteiger partial charge on any atom is 0.119 e. The first-order valence-electron chi connectivity index (χ1n) is 12.5. The molecule has 1 aliphatic carbocycles. The Morgan fingerprint density at radius 3 is 2.62 bits per heavy atom. The van der Waals surface area contributed by atoms with Crippen LogP contribution in [0.4, 0.5) is 4.39 Å². The Morgan fingerprint density at radius 1 is 1.00 bits per heavy atom. The van der Waals surface area contributed by atoms with Gasteiger partial charge in [0.2, 0.25) is 0 Å². The molecule has 2 heterocycles. The zero-order valence-corrected chi connectivity index (χ0v) is 20.0. The molecule has 0 radical (unpaired) electrons. The Hall–Kier alpha value is -2.98. The average molecular weight is 457 g/mol. The molecule has 5 rings (SSSR count). The molecule has 1 unspecified atom stereocenters. The Kier molecular flexibility index (Phi) is 7.05. The number of nitrogens with zero attached hydrogens (tertiary/aromatic N) is 2. The first kappa shape index (κ1) is 22.8. The van der Waals surface area contributed by atoms with Crippen molar-refractivity contribution in [3.63, 3.8) is 0 Å². The van der Waals surface area contributed by atoms with Crippen LogP contribution in [0.25, 0.3) is 11.1 Å². The summed E-state index contributed by atoms with van der Waals surface area (Å²) in [6.07, 6.45) is 8.83. The van der Waals surface area contributed by atoms with Gasteiger partial charge >= 0.3 is 0 Å². The van der Waals surface area contributed by atoms with Gasteiger partial charge in [-0.05, 0) is 96.7 Å². The van der Waals surface area contributed by atoms with Crippen LogP contribution in [-0.4, -0.2) is 42.3 Å². The molecule has 2 aromatic carbocycles. The van der Waals surface area contributed by atoms with E-state index in [1.165, 1.54) is 39.0 Å². The molecule has 1 fully saturated rings. The first-order chi connectivity index (χ1) is 16.7. The topological polar surface area (TPSA) is 25.4 Å². The van der Waals surface area contributed by atoms with Crippen LogP contribution in [0.5, 0.6) is 5.75 Å². The fraction of sp³-hybridized carbons (Fsp3) is 0.367. The molecule has 1 atom stereocenters. The van der Waals surface area contributed by atoms with Crippen molar-refractivity contribution in [1.82, 2.24) is 9.88 Å². The van der Waals surface area contributed by atoms with Gasteiger partial charge < -0.3 is 4.74 Å². The van der Waals surface area contributed by atoms with E-state index in [1.54, 1.807) is 0 Å². The van der Waals surface area contributed by atoms with E-state index < -0.39 is 0 Å². The van der Waals surface area contributed by atoms with Gasteiger partial charge in [-0.25, -0.2) is 0 Å². The van der Waals surface area contributed by atoms with Crippen molar-refractivity contribution in [3.05, 3.63) is 94.8 Å². The summed E-state index contributed by atoms with van der Waals surface area (Å²) >= 11 is 0. The number of rotatable bonds is 7. The maximum absolute atomic E-state index is 12.5. The highest BCUT2D eigenvalue weighted by Gasteiger charge is 2.24. The molecule has 4 heteroatoms. The van der Waals surface area contributed by atoms with Crippen LogP contribution in [0, 0.1) is 6.92 Å². The van der Waals surface area contributed by atoms with Gasteiger partial charge in [0, 0.05) is 32.0 Å². The van der Waals surface area contributed by atoms with Crippen molar-refractivity contribution in [2.45, 2.75) is 45.1 Å². The van der Waals surface area contributed by atoms with Crippen LogP contribution in [0.15, 0.2) is 67.0 Å². The lowest BCUT2D eigenvalue weighted by molar-refractivity contribution is 0.198. The second kappa shape index (κ2) is 10.5. The van der Waals surface area contributed by atoms with E-state index in [0.717, 1.165) is 51.1 Å². The number of pyridine rings is 1. The van der Waals surface area contributed by atoms with Crippen molar-refractivity contribution in [1.29, 1.82) is 0 Å². The Morgan fingerprint density at radius 2 is 1.82 bits per heavy atom. The number of aromatic nitrogens is 1. The van der Waals surface area contributed by atoms with Gasteiger partial charge in [0.05, 0.1) is 6.67 Å². The molecule has 2 aliphatic rings. The molecule has 0 amide bonds. The molecule has 34 heavy (non-hydrogen) atoms. The summed E-state index contributed by atoms with van der Waals surface area (Å²) in [5.41, 5.74) is 9.26. The summed E-state index contributed by atoms with van der Waals surface area (Å²) in [5, 5.41) is 0. The van der Waals surface area contributed by atoms with E-state index >= 15 is 0 Å². The molecule has 0 bridgehead atoms. The summed E-state index contributed by atoms with van der Waals surface area (Å²) in [4.78, 5) is 6.54. The van der Waals surface area contributed by atoms with Gasteiger partial charge in [0.25, 0.3) is 0 Å². The number of aryl methyl sites for hydroxylation is 2. The molecule has 0 saturated carbocycles. The van der Waals surface area contributed by atoms with Gasteiger partial charge in [0.15, 0.2) is 0 Å². The van der Waals surface area contributed by atoms with Gasteiger partial charge in [-0.3, -0.25) is 14.3 Å². The summed E-state index contributed by atoms with van der Waals surface area (Å²) in [7, 11) is 0. The zero-order chi connectivity index (χ0) is 23.3. The lowest BCUT2D eigenvalue weighted by atomic mass is 9.87. The number of hydrogen-bond donors (Lipinski definition) is 0. The minimum atomic E-state index is -0.247. The summed E-state index contributed by atoms with van der Waals surface area (Å²) in [5.74, 6) is 0.907. The molecule has 3 aromatic rings. The van der Waals surface area contributed by atoms with Crippen LogP contribution in [0.1, 0.15) is 53.5 Å². The molecule has 1 aliphatic heterocycles. The van der Waals surface area contributed by atoms with Gasteiger partial charge in [-0.2, -0.15) is 0 Å². The van der Waals surface area contributed by atoms with Crippen LogP contribution < -0.4 is 4.74 Å². The molecule has 176 valence electrons. The standard InChI is InChI=1S/C30H33FN2O/c1-22-6-11-29-25(20-22)4-2-5-28(23-12-16-32-17-13-23)30(29)24-7-9-26(10-8-24)34-27-14-19-33(21-27)18-3-15-31/h6-13,16-17,20,27H,2-5,14-15,18-19,21H2,1H3. The Bertz CT molecular complexity index is 1140. The number of benzene rings is 2. The van der Waals surface area contributed by atoms with Crippen LogP contribution in [0.3, 0.4) is 0 Å². The lowest BCUT2D eigenvalue weighted by Crippen LogP contribution is -2.26. The first-order valence-corrected chi connectivity index (χ1v) is 12.5. The quantitative estimate of drug-likeness (QED) is 0.406. The van der Waals surface area contributed by atoms with E-state index in [4.69, 9.17) is 4.74 Å². The third-order valence-electron chi connectivity index (χ3n) is 7.02. The molecule has 0 spiro atoms. The monoisotopic (exact) mass is 456 g/mol. The van der Waals surface area contributed by atoms with E-state index in [1.807, 2.05) is 12.4 Å². The summed E-state index contributed by atoms with van der Waals surface area (Å²) < 4.78 is 18.8. The van der Waals surface area contributed by atoms with Crippen molar-refractivity contribution in [3.8, 4) is 5.75 Å². The number of allylic oxidation sites excluding steroid dienone is 1. The van der Waals surface area contributed by atoms with E-state index in [9.17, 15) is 4.39 Å². The molecule has 3 nitrogen and oxygen atoms in total. The second-order valence-corrected chi connectivity index (χ2v) is 9.50. The molecular weight excluding hydrogens is 423 g/mol. The SMILES string of the molecule is Cc1ccc2c(c1)CCCC(c1ccncc1)=C2c1ccc(OC2CCN(CCCF)C2)cc1. The fourth-order valence-corrected chi connectivity index (χ4v) is 5.36. The number of hydrogen-bond acceptors (Lipinski definition) is 3. The van der Waals surface area contributed by atoms with E-state index in [2.05, 4.69) is 71.4 Å². The number of ether oxygens (including phenoxy) is 1. The number of alkyl halides is 1. The summed E-state index contributed by atoms with van der Waals surface area (Å²) in [6, 6.07) is 19.7. The predicted octanol–water partition coefficient (Wildman–Crippen LogP) is 6.50.